The molecule has 0 saturated carbocycles. The van der Waals surface area contributed by atoms with E-state index in [9.17, 15) is 4.79 Å². The zero-order valence-electron chi connectivity index (χ0n) is 17.2. The van der Waals surface area contributed by atoms with Crippen LogP contribution in [0.2, 0.25) is 0 Å². The van der Waals surface area contributed by atoms with Gasteiger partial charge in [0.05, 0.1) is 13.2 Å². The fourth-order valence-electron chi connectivity index (χ4n) is 4.13. The Hall–Kier alpha value is -3.01. The first kappa shape index (κ1) is 19.3. The topological polar surface area (TPSA) is 34.5 Å². The minimum atomic E-state index is -0.124. The average Bonchev–Trinajstić information content (AvgIpc) is 3.25. The first-order valence-corrected chi connectivity index (χ1v) is 10.4. The zero-order valence-corrected chi connectivity index (χ0v) is 17.2. The molecule has 4 nitrogen and oxygen atoms in total. The first-order valence-electron chi connectivity index (χ1n) is 10.4. The van der Waals surface area contributed by atoms with Crippen molar-refractivity contribution in [3.05, 3.63) is 89.2 Å². The Morgan fingerprint density at radius 3 is 2.66 bits per heavy atom. The van der Waals surface area contributed by atoms with Crippen LogP contribution in [0.5, 0.6) is 5.75 Å². The molecule has 3 aromatic rings. The second-order valence-corrected chi connectivity index (χ2v) is 7.60. The van der Waals surface area contributed by atoms with Crippen LogP contribution in [-0.4, -0.2) is 29.0 Å². The van der Waals surface area contributed by atoms with Crippen molar-refractivity contribution >= 4 is 5.91 Å². The van der Waals surface area contributed by atoms with E-state index >= 15 is 0 Å². The molecule has 29 heavy (non-hydrogen) atoms. The van der Waals surface area contributed by atoms with E-state index in [-0.39, 0.29) is 11.9 Å². The van der Waals surface area contributed by atoms with Crippen LogP contribution in [0.1, 0.15) is 53.0 Å². The summed E-state index contributed by atoms with van der Waals surface area (Å²) in [6.07, 6.45) is 5.51. The zero-order chi connectivity index (χ0) is 20.2. The second-order valence-electron chi connectivity index (χ2n) is 7.60. The maximum Gasteiger partial charge on any atom is 0.254 e. The number of ether oxygens (including phenoxy) is 1. The molecule has 0 radical (unpaired) electrons. The summed E-state index contributed by atoms with van der Waals surface area (Å²) in [5, 5.41) is 0. The van der Waals surface area contributed by atoms with E-state index in [2.05, 4.69) is 48.0 Å². The van der Waals surface area contributed by atoms with Crippen LogP contribution in [0.25, 0.3) is 0 Å². The van der Waals surface area contributed by atoms with Crippen LogP contribution in [-0.2, 0) is 13.0 Å². The molecule has 4 heteroatoms. The number of carbonyl (C=O) groups is 1. The number of hydrogen-bond donors (Lipinski definition) is 0. The number of methoxy groups -OCH3 is 1. The molecule has 4 rings (SSSR count). The van der Waals surface area contributed by atoms with Gasteiger partial charge in [0.2, 0.25) is 0 Å². The van der Waals surface area contributed by atoms with Gasteiger partial charge in [-0.25, -0.2) is 0 Å². The van der Waals surface area contributed by atoms with Gasteiger partial charge >= 0.3 is 0 Å². The molecule has 0 fully saturated rings. The van der Waals surface area contributed by atoms with Gasteiger partial charge < -0.3 is 14.2 Å². The fraction of sp³-hybridized carbons (Fsp3) is 0.320. The lowest BCUT2D eigenvalue weighted by molar-refractivity contribution is 0.0664. The number of fused-ring (bicyclic) bond motifs is 1. The van der Waals surface area contributed by atoms with E-state index in [0.29, 0.717) is 6.54 Å². The SMILES string of the molecule is CCCCc1ccc(C(=O)N2CCn3cccc3C2c2cccc(OC)c2)cc1. The van der Waals surface area contributed by atoms with E-state index in [1.54, 1.807) is 7.11 Å². The van der Waals surface area contributed by atoms with Crippen molar-refractivity contribution in [2.24, 2.45) is 0 Å². The molecule has 1 aliphatic heterocycles. The molecule has 1 aromatic heterocycles. The van der Waals surface area contributed by atoms with Gasteiger partial charge in [-0.1, -0.05) is 37.6 Å². The predicted octanol–water partition coefficient (Wildman–Crippen LogP) is 5.08. The third-order valence-corrected chi connectivity index (χ3v) is 5.73. The summed E-state index contributed by atoms with van der Waals surface area (Å²) in [6.45, 7) is 3.69. The Labute approximate surface area is 172 Å². The molecular weight excluding hydrogens is 360 g/mol. The summed E-state index contributed by atoms with van der Waals surface area (Å²) in [6, 6.07) is 20.2. The molecule has 150 valence electrons. The van der Waals surface area contributed by atoms with Gasteiger partial charge in [0.25, 0.3) is 5.91 Å². The molecule has 0 spiro atoms. The highest BCUT2D eigenvalue weighted by molar-refractivity contribution is 5.94. The third kappa shape index (κ3) is 3.93. The Bertz CT molecular complexity index is 974. The fourth-order valence-corrected chi connectivity index (χ4v) is 4.13. The number of benzene rings is 2. The lowest BCUT2D eigenvalue weighted by atomic mass is 9.98. The largest absolute Gasteiger partial charge is 0.497 e. The summed E-state index contributed by atoms with van der Waals surface area (Å²) in [4.78, 5) is 15.5. The van der Waals surface area contributed by atoms with Gasteiger partial charge in [-0.15, -0.1) is 0 Å². The lowest BCUT2D eigenvalue weighted by Crippen LogP contribution is -2.42. The van der Waals surface area contributed by atoms with Gasteiger partial charge in [0.1, 0.15) is 5.75 Å². The molecule has 0 saturated heterocycles. The van der Waals surface area contributed by atoms with Gasteiger partial charge in [0.15, 0.2) is 0 Å². The summed E-state index contributed by atoms with van der Waals surface area (Å²) in [7, 11) is 1.67. The van der Waals surface area contributed by atoms with Gasteiger partial charge in [-0.05, 0) is 60.4 Å². The minimum absolute atomic E-state index is 0.0762. The van der Waals surface area contributed by atoms with Gasteiger partial charge in [-0.3, -0.25) is 4.79 Å². The highest BCUT2D eigenvalue weighted by Crippen LogP contribution is 2.34. The number of aryl methyl sites for hydroxylation is 1. The van der Waals surface area contributed by atoms with Crippen molar-refractivity contribution in [3.8, 4) is 5.75 Å². The van der Waals surface area contributed by atoms with Crippen molar-refractivity contribution in [2.45, 2.75) is 38.8 Å². The number of rotatable bonds is 6. The molecule has 2 aromatic carbocycles. The maximum absolute atomic E-state index is 13.5. The Balaban J connectivity index is 1.66. The van der Waals surface area contributed by atoms with E-state index in [0.717, 1.165) is 35.5 Å². The Morgan fingerprint density at radius 1 is 1.07 bits per heavy atom. The van der Waals surface area contributed by atoms with E-state index < -0.39 is 0 Å². The van der Waals surface area contributed by atoms with E-state index in [1.807, 2.05) is 35.2 Å². The molecule has 0 aliphatic carbocycles. The molecule has 2 heterocycles. The summed E-state index contributed by atoms with van der Waals surface area (Å²) in [5.74, 6) is 0.881. The number of carbonyl (C=O) groups excluding carboxylic acids is 1. The average molecular weight is 389 g/mol. The van der Waals surface area contributed by atoms with Crippen molar-refractivity contribution < 1.29 is 9.53 Å². The predicted molar refractivity (Wildman–Crippen MR) is 115 cm³/mol. The maximum atomic E-state index is 13.5. The molecule has 1 unspecified atom stereocenters. The van der Waals surface area contributed by atoms with Crippen LogP contribution in [0.3, 0.4) is 0 Å². The third-order valence-electron chi connectivity index (χ3n) is 5.73. The number of nitrogens with zero attached hydrogens (tertiary/aromatic N) is 2. The van der Waals surface area contributed by atoms with Crippen LogP contribution in [0, 0.1) is 0 Å². The molecular formula is C25H28N2O2. The normalized spacial score (nSPS) is 15.8. The van der Waals surface area contributed by atoms with Crippen LogP contribution >= 0.6 is 0 Å². The van der Waals surface area contributed by atoms with E-state index in [1.165, 1.54) is 18.4 Å². The highest BCUT2D eigenvalue weighted by Gasteiger charge is 2.32. The lowest BCUT2D eigenvalue weighted by Gasteiger charge is -2.37. The summed E-state index contributed by atoms with van der Waals surface area (Å²) in [5.41, 5.74) is 4.24. The van der Waals surface area contributed by atoms with Crippen LogP contribution in [0.15, 0.2) is 66.9 Å². The van der Waals surface area contributed by atoms with Crippen LogP contribution in [0.4, 0.5) is 0 Å². The quantitative estimate of drug-likeness (QED) is 0.590. The van der Waals surface area contributed by atoms with Crippen molar-refractivity contribution in [3.63, 3.8) is 0 Å². The smallest absolute Gasteiger partial charge is 0.254 e. The van der Waals surface area contributed by atoms with Crippen molar-refractivity contribution in [1.82, 2.24) is 9.47 Å². The van der Waals surface area contributed by atoms with E-state index in [4.69, 9.17) is 4.74 Å². The van der Waals surface area contributed by atoms with Crippen LogP contribution < -0.4 is 4.74 Å². The molecule has 1 atom stereocenters. The summed E-state index contributed by atoms with van der Waals surface area (Å²) >= 11 is 0. The number of hydrogen-bond acceptors (Lipinski definition) is 2. The Kier molecular flexibility index (Phi) is 5.70. The molecule has 0 bridgehead atoms. The standard InChI is InChI=1S/C25H28N2O2/c1-3-4-7-19-11-13-20(14-12-19)25(28)27-17-16-26-15-6-10-23(26)24(27)21-8-5-9-22(18-21)29-2/h5-6,8-15,18,24H,3-4,7,16-17H2,1-2H3. The molecule has 1 amide bonds. The number of unbranched alkanes of at least 4 members (excludes halogenated alkanes) is 1. The van der Waals surface area contributed by atoms with Gasteiger partial charge in [0, 0.05) is 30.5 Å². The monoisotopic (exact) mass is 388 g/mol. The number of aromatic nitrogens is 1. The van der Waals surface area contributed by atoms with Gasteiger partial charge in [-0.2, -0.15) is 0 Å². The molecule has 0 N–H and O–H groups in total. The Morgan fingerprint density at radius 2 is 1.90 bits per heavy atom. The number of amides is 1. The van der Waals surface area contributed by atoms with Crippen molar-refractivity contribution in [2.75, 3.05) is 13.7 Å². The summed E-state index contributed by atoms with van der Waals surface area (Å²) < 4.78 is 7.67. The first-order chi connectivity index (χ1) is 14.2. The molecule has 1 aliphatic rings. The second kappa shape index (κ2) is 8.56. The minimum Gasteiger partial charge on any atom is -0.497 e. The highest BCUT2D eigenvalue weighted by atomic mass is 16.5. The van der Waals surface area contributed by atoms with Crippen molar-refractivity contribution in [1.29, 1.82) is 0 Å².